The molecule has 0 unspecified atom stereocenters. The number of carbonyl (C=O) groups is 2. The SMILES string of the molecule is O=C(NC(=S)Nc1ccccc1N1CCN(C(=O)c2ccc(Cl)cc2)CC1)c1sc2cc(Cl)ccc2c1Cl. The van der Waals surface area contributed by atoms with Crippen molar-refractivity contribution in [1.29, 1.82) is 0 Å². The Morgan fingerprint density at radius 3 is 2.29 bits per heavy atom. The average molecular weight is 604 g/mol. The van der Waals surface area contributed by atoms with Crippen molar-refractivity contribution >= 4 is 96.7 Å². The third-order valence-electron chi connectivity index (χ3n) is 6.18. The number of benzene rings is 3. The first kappa shape index (κ1) is 26.7. The van der Waals surface area contributed by atoms with Gasteiger partial charge < -0.3 is 15.1 Å². The van der Waals surface area contributed by atoms with E-state index in [1.807, 2.05) is 29.2 Å². The number of thiocarbonyl (C=S) groups is 1. The van der Waals surface area contributed by atoms with Crippen LogP contribution in [-0.4, -0.2) is 48.0 Å². The van der Waals surface area contributed by atoms with Crippen LogP contribution in [0.25, 0.3) is 10.1 Å². The van der Waals surface area contributed by atoms with E-state index < -0.39 is 5.91 Å². The summed E-state index contributed by atoms with van der Waals surface area (Å²) < 4.78 is 0.825. The second-order valence-corrected chi connectivity index (χ2v) is 11.3. The predicted molar refractivity (Wildman–Crippen MR) is 162 cm³/mol. The number of thiophene rings is 1. The van der Waals surface area contributed by atoms with Crippen LogP contribution in [0, 0.1) is 0 Å². The van der Waals surface area contributed by atoms with Gasteiger partial charge in [0.15, 0.2) is 5.11 Å². The summed E-state index contributed by atoms with van der Waals surface area (Å²) in [5.41, 5.74) is 2.30. The molecule has 1 aliphatic rings. The first-order chi connectivity index (χ1) is 18.3. The van der Waals surface area contributed by atoms with Gasteiger partial charge in [-0.2, -0.15) is 0 Å². The minimum atomic E-state index is -0.392. The molecule has 194 valence electrons. The molecule has 38 heavy (non-hydrogen) atoms. The highest BCUT2D eigenvalue weighted by molar-refractivity contribution is 7.80. The number of anilines is 2. The maximum absolute atomic E-state index is 12.9. The van der Waals surface area contributed by atoms with E-state index in [1.165, 1.54) is 11.3 Å². The highest BCUT2D eigenvalue weighted by Crippen LogP contribution is 2.36. The molecular formula is C27H21Cl3N4O2S2. The van der Waals surface area contributed by atoms with Gasteiger partial charge in [-0.15, -0.1) is 11.3 Å². The van der Waals surface area contributed by atoms with Gasteiger partial charge in [-0.05, 0) is 60.7 Å². The molecule has 0 radical (unpaired) electrons. The minimum Gasteiger partial charge on any atom is -0.366 e. The van der Waals surface area contributed by atoms with Crippen LogP contribution in [0.15, 0.2) is 66.7 Å². The van der Waals surface area contributed by atoms with Gasteiger partial charge in [-0.1, -0.05) is 53.0 Å². The lowest BCUT2D eigenvalue weighted by Crippen LogP contribution is -2.49. The van der Waals surface area contributed by atoms with Crippen molar-refractivity contribution in [3.8, 4) is 0 Å². The fraction of sp³-hybridized carbons (Fsp3) is 0.148. The monoisotopic (exact) mass is 602 g/mol. The largest absolute Gasteiger partial charge is 0.366 e. The second kappa shape index (κ2) is 11.5. The molecule has 0 saturated carbocycles. The molecule has 5 rings (SSSR count). The quantitative estimate of drug-likeness (QED) is 0.247. The van der Waals surface area contributed by atoms with Crippen LogP contribution in [0.1, 0.15) is 20.0 Å². The van der Waals surface area contributed by atoms with Crippen molar-refractivity contribution in [1.82, 2.24) is 10.2 Å². The Hall–Kier alpha value is -2.88. The third kappa shape index (κ3) is 5.75. The summed E-state index contributed by atoms with van der Waals surface area (Å²) in [6.45, 7) is 2.45. The molecule has 0 atom stereocenters. The number of piperazine rings is 1. The van der Waals surface area contributed by atoms with Crippen LogP contribution in [0.5, 0.6) is 0 Å². The van der Waals surface area contributed by atoms with Crippen LogP contribution in [-0.2, 0) is 0 Å². The zero-order valence-electron chi connectivity index (χ0n) is 19.8. The van der Waals surface area contributed by atoms with E-state index in [1.54, 1.807) is 42.5 Å². The van der Waals surface area contributed by atoms with Gasteiger partial charge in [0.2, 0.25) is 0 Å². The van der Waals surface area contributed by atoms with Gasteiger partial charge >= 0.3 is 0 Å². The Balaban J connectivity index is 1.23. The van der Waals surface area contributed by atoms with Crippen molar-refractivity contribution < 1.29 is 9.59 Å². The lowest BCUT2D eigenvalue weighted by atomic mass is 10.1. The zero-order valence-corrected chi connectivity index (χ0v) is 23.7. The van der Waals surface area contributed by atoms with Gasteiger partial charge in [-0.3, -0.25) is 14.9 Å². The standard InChI is InChI=1S/C27H21Cl3N4O2S2/c28-17-7-5-16(6-8-17)26(36)34-13-11-33(12-14-34)21-4-2-1-3-20(21)31-27(37)32-25(35)24-23(30)19-10-9-18(29)15-22(19)38-24/h1-10,15H,11-14H2,(H2,31,32,35,37). The molecule has 1 saturated heterocycles. The van der Waals surface area contributed by atoms with E-state index in [2.05, 4.69) is 15.5 Å². The van der Waals surface area contributed by atoms with E-state index in [0.717, 1.165) is 21.5 Å². The first-order valence-electron chi connectivity index (χ1n) is 11.7. The molecule has 2 N–H and O–H groups in total. The predicted octanol–water partition coefficient (Wildman–Crippen LogP) is 6.95. The number of fused-ring (bicyclic) bond motifs is 1. The van der Waals surface area contributed by atoms with E-state index in [9.17, 15) is 9.59 Å². The van der Waals surface area contributed by atoms with E-state index in [4.69, 9.17) is 47.0 Å². The fourth-order valence-corrected chi connectivity index (χ4v) is 6.30. The molecule has 1 fully saturated rings. The highest BCUT2D eigenvalue weighted by atomic mass is 35.5. The lowest BCUT2D eigenvalue weighted by molar-refractivity contribution is 0.0746. The van der Waals surface area contributed by atoms with Gasteiger partial charge in [0.05, 0.1) is 16.4 Å². The summed E-state index contributed by atoms with van der Waals surface area (Å²) in [5.74, 6) is -0.407. The lowest BCUT2D eigenvalue weighted by Gasteiger charge is -2.37. The zero-order chi connectivity index (χ0) is 26.8. The summed E-state index contributed by atoms with van der Waals surface area (Å²) in [4.78, 5) is 30.2. The molecule has 0 bridgehead atoms. The van der Waals surface area contributed by atoms with Crippen LogP contribution in [0.4, 0.5) is 11.4 Å². The summed E-state index contributed by atoms with van der Waals surface area (Å²) in [5, 5.41) is 8.34. The fourth-order valence-electron chi connectivity index (χ4n) is 4.28. The van der Waals surface area contributed by atoms with Crippen LogP contribution in [0.3, 0.4) is 0 Å². The number of hydrogen-bond donors (Lipinski definition) is 2. The van der Waals surface area contributed by atoms with Crippen molar-refractivity contribution in [2.45, 2.75) is 0 Å². The summed E-state index contributed by atoms with van der Waals surface area (Å²) in [6, 6.07) is 19.9. The molecule has 0 aliphatic carbocycles. The number of rotatable bonds is 4. The molecule has 3 aromatic carbocycles. The Morgan fingerprint density at radius 1 is 0.868 bits per heavy atom. The minimum absolute atomic E-state index is 0.0150. The molecule has 2 amide bonds. The topological polar surface area (TPSA) is 64.7 Å². The van der Waals surface area contributed by atoms with Crippen molar-refractivity contribution in [3.05, 3.63) is 92.2 Å². The van der Waals surface area contributed by atoms with Gasteiger partial charge in [-0.25, -0.2) is 0 Å². The molecule has 1 aromatic heterocycles. The molecule has 4 aromatic rings. The average Bonchev–Trinajstić information content (AvgIpc) is 3.24. The smallest absolute Gasteiger partial charge is 0.269 e. The number of amides is 2. The van der Waals surface area contributed by atoms with Crippen LogP contribution < -0.4 is 15.5 Å². The van der Waals surface area contributed by atoms with Crippen molar-refractivity contribution in [3.63, 3.8) is 0 Å². The highest BCUT2D eigenvalue weighted by Gasteiger charge is 2.24. The normalized spacial score (nSPS) is 13.4. The first-order valence-corrected chi connectivity index (χ1v) is 14.0. The third-order valence-corrected chi connectivity index (χ3v) is 8.52. The molecule has 1 aliphatic heterocycles. The van der Waals surface area contributed by atoms with E-state index in [-0.39, 0.29) is 11.0 Å². The number of nitrogens with one attached hydrogen (secondary N) is 2. The van der Waals surface area contributed by atoms with Crippen LogP contribution >= 0.6 is 58.4 Å². The van der Waals surface area contributed by atoms with E-state index in [0.29, 0.717) is 51.7 Å². The van der Waals surface area contributed by atoms with Gasteiger partial charge in [0, 0.05) is 51.9 Å². The Kier molecular flexibility index (Phi) is 8.07. The van der Waals surface area contributed by atoms with E-state index >= 15 is 0 Å². The van der Waals surface area contributed by atoms with Gasteiger partial charge in [0.25, 0.3) is 11.8 Å². The number of nitrogens with zero attached hydrogens (tertiary/aromatic N) is 2. The maximum atomic E-state index is 12.9. The molecule has 2 heterocycles. The summed E-state index contributed by atoms with van der Waals surface area (Å²) in [7, 11) is 0. The molecule has 11 heteroatoms. The molecular weight excluding hydrogens is 583 g/mol. The Morgan fingerprint density at radius 2 is 1.55 bits per heavy atom. The van der Waals surface area contributed by atoms with Crippen molar-refractivity contribution in [2.75, 3.05) is 36.4 Å². The number of hydrogen-bond acceptors (Lipinski definition) is 5. The molecule has 6 nitrogen and oxygen atoms in total. The maximum Gasteiger partial charge on any atom is 0.269 e. The molecule has 0 spiro atoms. The Labute approximate surface area is 244 Å². The summed E-state index contributed by atoms with van der Waals surface area (Å²) >= 11 is 25.2. The second-order valence-electron chi connectivity index (χ2n) is 8.60. The number of carbonyl (C=O) groups excluding carboxylic acids is 2. The number of para-hydroxylation sites is 2. The van der Waals surface area contributed by atoms with Crippen molar-refractivity contribution in [2.24, 2.45) is 0 Å². The van der Waals surface area contributed by atoms with Crippen LogP contribution in [0.2, 0.25) is 15.1 Å². The summed E-state index contributed by atoms with van der Waals surface area (Å²) in [6.07, 6.45) is 0. The van der Waals surface area contributed by atoms with Gasteiger partial charge in [0.1, 0.15) is 4.88 Å². The number of halogens is 3. The Bertz CT molecular complexity index is 1530.